The van der Waals surface area contributed by atoms with E-state index in [-0.39, 0.29) is 0 Å². The first-order valence-electron chi connectivity index (χ1n) is 9.84. The first-order chi connectivity index (χ1) is 12.7. The van der Waals surface area contributed by atoms with Crippen LogP contribution < -0.4 is 0 Å². The maximum absolute atomic E-state index is 5.55. The number of hydrogen-bond acceptors (Lipinski definition) is 0. The van der Waals surface area contributed by atoms with Crippen molar-refractivity contribution in [3.05, 3.63) is 70.8 Å². The highest BCUT2D eigenvalue weighted by molar-refractivity contribution is 5.40. The van der Waals surface area contributed by atoms with E-state index in [4.69, 9.17) is 12.8 Å². The van der Waals surface area contributed by atoms with Gasteiger partial charge in [-0.25, -0.2) is 0 Å². The largest absolute Gasteiger partial charge is 0.115 e. The Bertz CT molecular complexity index is 884. The molecule has 0 heteroatoms. The molecular weight excluding hydrogens is 312 g/mol. The van der Waals surface area contributed by atoms with Crippen molar-refractivity contribution >= 4 is 0 Å². The molecule has 6 rings (SSSR count). The Morgan fingerprint density at radius 3 is 1.81 bits per heavy atom. The Labute approximate surface area is 157 Å². The second-order valence-corrected chi connectivity index (χ2v) is 8.76. The van der Waals surface area contributed by atoms with E-state index in [9.17, 15) is 0 Å². The quantitative estimate of drug-likeness (QED) is 0.634. The molecule has 2 aromatic rings. The lowest BCUT2D eigenvalue weighted by Gasteiger charge is -2.60. The smallest absolute Gasteiger partial charge is 0.0242 e. The van der Waals surface area contributed by atoms with Crippen LogP contribution in [0.5, 0.6) is 0 Å². The molecule has 4 aliphatic carbocycles. The molecule has 0 amide bonds. The summed E-state index contributed by atoms with van der Waals surface area (Å²) in [6.07, 6.45) is 17.9. The molecule has 0 nitrogen and oxygen atoms in total. The third-order valence-corrected chi connectivity index (χ3v) is 7.40. The molecule has 2 unspecified atom stereocenters. The molecule has 0 spiro atoms. The SMILES string of the molecule is C#Cc1ccc(C2C3CC4CC2CC(c2ccc(C#C)cc2)(C4)C3)cc1. The number of rotatable bonds is 2. The Balaban J connectivity index is 1.48. The molecule has 0 heterocycles. The molecular formula is C26H24. The van der Waals surface area contributed by atoms with Gasteiger partial charge in [0.1, 0.15) is 0 Å². The lowest BCUT2D eigenvalue weighted by Crippen LogP contribution is -2.52. The number of terminal acetylenes is 2. The molecule has 26 heavy (non-hydrogen) atoms. The molecule has 0 radical (unpaired) electrons. The maximum Gasteiger partial charge on any atom is 0.0242 e. The van der Waals surface area contributed by atoms with Gasteiger partial charge in [-0.15, -0.1) is 12.8 Å². The van der Waals surface area contributed by atoms with Gasteiger partial charge in [0, 0.05) is 11.1 Å². The van der Waals surface area contributed by atoms with Crippen LogP contribution in [0, 0.1) is 42.4 Å². The second-order valence-electron chi connectivity index (χ2n) is 8.76. The van der Waals surface area contributed by atoms with Crippen molar-refractivity contribution in [2.75, 3.05) is 0 Å². The zero-order valence-electron chi connectivity index (χ0n) is 15.1. The molecule has 4 fully saturated rings. The van der Waals surface area contributed by atoms with E-state index in [1.54, 1.807) is 0 Å². The summed E-state index contributed by atoms with van der Waals surface area (Å²) in [5.74, 6) is 8.74. The Kier molecular flexibility index (Phi) is 3.52. The minimum Gasteiger partial charge on any atom is -0.115 e. The lowest BCUT2D eigenvalue weighted by atomic mass is 9.44. The highest BCUT2D eigenvalue weighted by Gasteiger charge is 2.55. The van der Waals surface area contributed by atoms with Crippen LogP contribution in [-0.2, 0) is 5.41 Å². The van der Waals surface area contributed by atoms with E-state index in [2.05, 4.69) is 60.4 Å². The summed E-state index contributed by atoms with van der Waals surface area (Å²) in [5, 5.41) is 0. The molecule has 0 aromatic heterocycles. The molecule has 2 aromatic carbocycles. The average molecular weight is 336 g/mol. The van der Waals surface area contributed by atoms with Crippen LogP contribution in [0.15, 0.2) is 48.5 Å². The highest BCUT2D eigenvalue weighted by Crippen LogP contribution is 2.65. The van der Waals surface area contributed by atoms with E-state index in [0.29, 0.717) is 5.41 Å². The average Bonchev–Trinajstić information content (AvgIpc) is 2.68. The van der Waals surface area contributed by atoms with Crippen LogP contribution in [0.1, 0.15) is 60.3 Å². The standard InChI is InChI=1S/C26H24/c1-3-18-5-9-21(10-6-18)25-22-13-20-14-23(25)17-26(15-20,16-22)24-11-7-19(4-2)8-12-24/h1-2,5-12,20,22-23,25H,13-17H2. The van der Waals surface area contributed by atoms with Gasteiger partial charge in [0.05, 0.1) is 0 Å². The molecule has 2 atom stereocenters. The van der Waals surface area contributed by atoms with Gasteiger partial charge in [-0.3, -0.25) is 0 Å². The summed E-state index contributed by atoms with van der Waals surface area (Å²) in [7, 11) is 0. The number of benzene rings is 2. The minimum atomic E-state index is 0.388. The van der Waals surface area contributed by atoms with E-state index in [1.807, 2.05) is 0 Å². The van der Waals surface area contributed by atoms with Crippen molar-refractivity contribution in [3.63, 3.8) is 0 Å². The normalized spacial score (nSPS) is 34.2. The molecule has 0 aliphatic heterocycles. The van der Waals surface area contributed by atoms with Crippen molar-refractivity contribution in [1.29, 1.82) is 0 Å². The fourth-order valence-electron chi connectivity index (χ4n) is 6.64. The Hall–Kier alpha value is -2.44. The van der Waals surface area contributed by atoms with Crippen LogP contribution >= 0.6 is 0 Å². The summed E-state index contributed by atoms with van der Waals surface area (Å²) >= 11 is 0. The predicted octanol–water partition coefficient (Wildman–Crippen LogP) is 5.51. The summed E-state index contributed by atoms with van der Waals surface area (Å²) < 4.78 is 0. The fraction of sp³-hybridized carbons (Fsp3) is 0.385. The van der Waals surface area contributed by atoms with Crippen molar-refractivity contribution in [3.8, 4) is 24.7 Å². The van der Waals surface area contributed by atoms with Crippen LogP contribution in [0.2, 0.25) is 0 Å². The topological polar surface area (TPSA) is 0 Å². The molecule has 0 saturated heterocycles. The maximum atomic E-state index is 5.55. The highest BCUT2D eigenvalue weighted by atomic mass is 14.6. The number of hydrogen-bond donors (Lipinski definition) is 0. The van der Waals surface area contributed by atoms with Crippen LogP contribution in [-0.4, -0.2) is 0 Å². The van der Waals surface area contributed by atoms with Crippen LogP contribution in [0.3, 0.4) is 0 Å². The van der Waals surface area contributed by atoms with E-state index in [0.717, 1.165) is 34.8 Å². The van der Waals surface area contributed by atoms with Gasteiger partial charge in [0.25, 0.3) is 0 Å². The zero-order chi connectivity index (χ0) is 17.7. The monoisotopic (exact) mass is 336 g/mol. The van der Waals surface area contributed by atoms with Crippen molar-refractivity contribution in [2.45, 2.75) is 43.4 Å². The van der Waals surface area contributed by atoms with Gasteiger partial charge in [-0.1, -0.05) is 36.1 Å². The van der Waals surface area contributed by atoms with Gasteiger partial charge in [-0.05, 0) is 96.6 Å². The molecule has 4 bridgehead atoms. The zero-order valence-corrected chi connectivity index (χ0v) is 15.1. The summed E-state index contributed by atoms with van der Waals surface area (Å²) in [4.78, 5) is 0. The third kappa shape index (κ3) is 2.33. The fourth-order valence-corrected chi connectivity index (χ4v) is 6.64. The summed E-state index contributed by atoms with van der Waals surface area (Å²) in [6.45, 7) is 0. The second kappa shape index (κ2) is 5.79. The van der Waals surface area contributed by atoms with Crippen molar-refractivity contribution in [1.82, 2.24) is 0 Å². The van der Waals surface area contributed by atoms with Gasteiger partial charge in [0.2, 0.25) is 0 Å². The first-order valence-corrected chi connectivity index (χ1v) is 9.84. The van der Waals surface area contributed by atoms with Gasteiger partial charge in [0.15, 0.2) is 0 Å². The molecule has 4 aliphatic rings. The van der Waals surface area contributed by atoms with Gasteiger partial charge in [-0.2, -0.15) is 0 Å². The Morgan fingerprint density at radius 1 is 0.731 bits per heavy atom. The minimum absolute atomic E-state index is 0.388. The van der Waals surface area contributed by atoms with Crippen molar-refractivity contribution < 1.29 is 0 Å². The van der Waals surface area contributed by atoms with Gasteiger partial charge < -0.3 is 0 Å². The van der Waals surface area contributed by atoms with Crippen molar-refractivity contribution in [2.24, 2.45) is 17.8 Å². The van der Waals surface area contributed by atoms with E-state index >= 15 is 0 Å². The molecule has 128 valence electrons. The van der Waals surface area contributed by atoms with Crippen LogP contribution in [0.4, 0.5) is 0 Å². The Morgan fingerprint density at radius 2 is 1.27 bits per heavy atom. The van der Waals surface area contributed by atoms with Crippen LogP contribution in [0.25, 0.3) is 0 Å². The lowest BCUT2D eigenvalue weighted by molar-refractivity contribution is -0.0256. The molecule has 0 N–H and O–H groups in total. The first kappa shape index (κ1) is 15.8. The van der Waals surface area contributed by atoms with E-state index < -0.39 is 0 Å². The molecule has 4 saturated carbocycles. The van der Waals surface area contributed by atoms with Gasteiger partial charge >= 0.3 is 0 Å². The summed E-state index contributed by atoms with van der Waals surface area (Å²) in [5.41, 5.74) is 5.40. The third-order valence-electron chi connectivity index (χ3n) is 7.40. The predicted molar refractivity (Wildman–Crippen MR) is 107 cm³/mol. The van der Waals surface area contributed by atoms with E-state index in [1.165, 1.54) is 43.2 Å². The summed E-state index contributed by atoms with van der Waals surface area (Å²) in [6, 6.07) is 17.7.